The summed E-state index contributed by atoms with van der Waals surface area (Å²) in [4.78, 5) is 18.7. The van der Waals surface area contributed by atoms with Gasteiger partial charge in [-0.3, -0.25) is 4.79 Å². The number of rotatable bonds is 4. The topological polar surface area (TPSA) is 67.6 Å². The van der Waals surface area contributed by atoms with Crippen molar-refractivity contribution < 1.29 is 14.6 Å². The second-order valence-corrected chi connectivity index (χ2v) is 6.46. The molecule has 0 saturated carbocycles. The number of hydrogen-bond acceptors (Lipinski definition) is 4. The van der Waals surface area contributed by atoms with E-state index >= 15 is 0 Å². The third kappa shape index (κ3) is 2.89. The number of imidazole rings is 1. The van der Waals surface area contributed by atoms with Crippen molar-refractivity contribution >= 4 is 5.91 Å². The summed E-state index contributed by atoms with van der Waals surface area (Å²) in [5.41, 5.74) is 0.0525. The van der Waals surface area contributed by atoms with Crippen LogP contribution in [0.3, 0.4) is 0 Å². The van der Waals surface area contributed by atoms with Crippen molar-refractivity contribution in [1.29, 1.82) is 0 Å². The molecule has 6 heteroatoms. The second-order valence-electron chi connectivity index (χ2n) is 6.46. The molecule has 2 heterocycles. The molecule has 1 aromatic heterocycles. The van der Waals surface area contributed by atoms with Crippen LogP contribution in [0.2, 0.25) is 0 Å². The van der Waals surface area contributed by atoms with Gasteiger partial charge in [0.05, 0.1) is 19.5 Å². The molecule has 1 amide bonds. The number of nitrogens with zero attached hydrogens (tertiary/aromatic N) is 3. The molecule has 2 aromatic rings. The van der Waals surface area contributed by atoms with Crippen LogP contribution in [0.5, 0.6) is 5.75 Å². The molecule has 1 aromatic carbocycles. The van der Waals surface area contributed by atoms with Crippen LogP contribution in [0, 0.1) is 0 Å². The lowest BCUT2D eigenvalue weighted by molar-refractivity contribution is -0.0179. The van der Waals surface area contributed by atoms with E-state index in [-0.39, 0.29) is 11.9 Å². The van der Waals surface area contributed by atoms with Gasteiger partial charge in [-0.1, -0.05) is 12.1 Å². The van der Waals surface area contributed by atoms with Crippen LogP contribution in [-0.4, -0.2) is 45.2 Å². The van der Waals surface area contributed by atoms with E-state index in [9.17, 15) is 9.90 Å². The van der Waals surface area contributed by atoms with Crippen molar-refractivity contribution in [3.05, 3.63) is 48.0 Å². The Morgan fingerprint density at radius 2 is 2.08 bits per heavy atom. The number of likely N-dealkylation sites (tertiary alicyclic amines) is 1. The second kappa shape index (κ2) is 6.28. The minimum Gasteiger partial charge on any atom is -0.497 e. The Kier molecular flexibility index (Phi) is 4.32. The molecule has 24 heavy (non-hydrogen) atoms. The Morgan fingerprint density at radius 3 is 2.67 bits per heavy atom. The maximum absolute atomic E-state index is 12.8. The first kappa shape index (κ1) is 16.5. The average molecular weight is 329 g/mol. The van der Waals surface area contributed by atoms with E-state index in [0.29, 0.717) is 12.2 Å². The molecule has 2 atom stereocenters. The summed E-state index contributed by atoms with van der Waals surface area (Å²) in [7, 11) is 3.44. The molecule has 1 N–H and O–H groups in total. The van der Waals surface area contributed by atoms with E-state index in [0.717, 1.165) is 24.2 Å². The van der Waals surface area contributed by atoms with E-state index in [1.165, 1.54) is 0 Å². The highest BCUT2D eigenvalue weighted by molar-refractivity contribution is 5.92. The Bertz CT molecular complexity index is 721. The first-order chi connectivity index (χ1) is 11.4. The first-order valence-corrected chi connectivity index (χ1v) is 8.09. The molecule has 1 saturated heterocycles. The number of carbonyl (C=O) groups excluding carboxylic acids is 1. The highest BCUT2D eigenvalue weighted by Gasteiger charge is 2.43. The van der Waals surface area contributed by atoms with Gasteiger partial charge in [0.2, 0.25) is 0 Å². The zero-order chi connectivity index (χ0) is 17.3. The minimum absolute atomic E-state index is 0.133. The highest BCUT2D eigenvalue weighted by Crippen LogP contribution is 2.35. The van der Waals surface area contributed by atoms with Crippen LogP contribution in [0.4, 0.5) is 0 Å². The minimum atomic E-state index is -1.13. The molecule has 1 aliphatic heterocycles. The van der Waals surface area contributed by atoms with Gasteiger partial charge in [0.1, 0.15) is 17.0 Å². The number of methoxy groups -OCH3 is 1. The summed E-state index contributed by atoms with van der Waals surface area (Å²) in [6, 6.07) is 7.06. The third-order valence-corrected chi connectivity index (χ3v) is 4.76. The van der Waals surface area contributed by atoms with Crippen LogP contribution in [0.1, 0.15) is 35.8 Å². The molecule has 0 aliphatic carbocycles. The summed E-state index contributed by atoms with van der Waals surface area (Å²) in [6.45, 7) is 2.40. The molecule has 0 unspecified atom stereocenters. The van der Waals surface area contributed by atoms with E-state index in [4.69, 9.17) is 4.74 Å². The normalized spacial score (nSPS) is 20.0. The number of carbonyl (C=O) groups is 1. The van der Waals surface area contributed by atoms with Crippen LogP contribution in [0.25, 0.3) is 0 Å². The van der Waals surface area contributed by atoms with Gasteiger partial charge < -0.3 is 19.3 Å². The van der Waals surface area contributed by atoms with Crippen molar-refractivity contribution in [2.24, 2.45) is 7.05 Å². The number of amides is 1. The van der Waals surface area contributed by atoms with E-state index in [1.807, 2.05) is 31.3 Å². The lowest BCUT2D eigenvalue weighted by atomic mass is 9.86. The average Bonchev–Trinajstić information content (AvgIpc) is 3.23. The fourth-order valence-corrected chi connectivity index (χ4v) is 3.39. The molecule has 1 fully saturated rings. The third-order valence-electron chi connectivity index (χ3n) is 4.76. The van der Waals surface area contributed by atoms with Crippen molar-refractivity contribution in [3.63, 3.8) is 0 Å². The number of benzene rings is 1. The molecule has 128 valence electrons. The highest BCUT2D eigenvalue weighted by atomic mass is 16.5. The summed E-state index contributed by atoms with van der Waals surface area (Å²) in [5, 5.41) is 11.2. The van der Waals surface area contributed by atoms with Gasteiger partial charge in [0.15, 0.2) is 0 Å². The monoisotopic (exact) mass is 329 g/mol. The quantitative estimate of drug-likeness (QED) is 0.931. The van der Waals surface area contributed by atoms with Gasteiger partial charge in [-0.2, -0.15) is 0 Å². The van der Waals surface area contributed by atoms with Crippen molar-refractivity contribution in [2.75, 3.05) is 13.7 Å². The van der Waals surface area contributed by atoms with Crippen LogP contribution >= 0.6 is 0 Å². The van der Waals surface area contributed by atoms with Gasteiger partial charge in [0, 0.05) is 19.8 Å². The fraction of sp³-hybridized carbons (Fsp3) is 0.444. The SMILES string of the molecule is COc1ccc([C@@](C)(O)[C@H]2CCCN2C(=O)c2cn(C)cn2)cc1. The Morgan fingerprint density at radius 1 is 1.38 bits per heavy atom. The van der Waals surface area contributed by atoms with E-state index < -0.39 is 5.60 Å². The maximum Gasteiger partial charge on any atom is 0.274 e. The van der Waals surface area contributed by atoms with Crippen LogP contribution < -0.4 is 4.74 Å². The van der Waals surface area contributed by atoms with Crippen LogP contribution in [-0.2, 0) is 12.6 Å². The van der Waals surface area contributed by atoms with Crippen molar-refractivity contribution in [2.45, 2.75) is 31.4 Å². The number of aryl methyl sites for hydroxylation is 1. The van der Waals surface area contributed by atoms with Gasteiger partial charge >= 0.3 is 0 Å². The van der Waals surface area contributed by atoms with E-state index in [2.05, 4.69) is 4.98 Å². The Balaban J connectivity index is 1.86. The molecular formula is C18H23N3O3. The van der Waals surface area contributed by atoms with Gasteiger partial charge in [-0.25, -0.2) is 4.98 Å². The van der Waals surface area contributed by atoms with Gasteiger partial charge in [-0.05, 0) is 37.5 Å². The van der Waals surface area contributed by atoms with Crippen molar-refractivity contribution in [1.82, 2.24) is 14.5 Å². The van der Waals surface area contributed by atoms with Crippen molar-refractivity contribution in [3.8, 4) is 5.75 Å². The molecule has 0 spiro atoms. The molecule has 3 rings (SSSR count). The van der Waals surface area contributed by atoms with Gasteiger partial charge in [0.25, 0.3) is 5.91 Å². The van der Waals surface area contributed by atoms with Gasteiger partial charge in [-0.15, -0.1) is 0 Å². The lowest BCUT2D eigenvalue weighted by Crippen LogP contribution is -2.48. The maximum atomic E-state index is 12.8. The fourth-order valence-electron chi connectivity index (χ4n) is 3.39. The Labute approximate surface area is 141 Å². The number of ether oxygens (including phenoxy) is 1. The van der Waals surface area contributed by atoms with E-state index in [1.54, 1.807) is 36.0 Å². The van der Waals surface area contributed by atoms with Crippen LogP contribution in [0.15, 0.2) is 36.8 Å². The summed E-state index contributed by atoms with van der Waals surface area (Å²) >= 11 is 0. The smallest absolute Gasteiger partial charge is 0.274 e. The summed E-state index contributed by atoms with van der Waals surface area (Å²) in [6.07, 6.45) is 4.95. The lowest BCUT2D eigenvalue weighted by Gasteiger charge is -2.36. The molecular weight excluding hydrogens is 306 g/mol. The zero-order valence-corrected chi connectivity index (χ0v) is 14.3. The first-order valence-electron chi connectivity index (χ1n) is 8.09. The zero-order valence-electron chi connectivity index (χ0n) is 14.3. The number of aliphatic hydroxyl groups is 1. The largest absolute Gasteiger partial charge is 0.497 e. The summed E-state index contributed by atoms with van der Waals surface area (Å²) < 4.78 is 6.92. The molecule has 1 aliphatic rings. The molecule has 0 radical (unpaired) electrons. The molecule has 0 bridgehead atoms. The summed E-state index contributed by atoms with van der Waals surface area (Å²) in [5.74, 6) is 0.606. The Hall–Kier alpha value is -2.34. The number of hydrogen-bond donors (Lipinski definition) is 1. The standard InChI is InChI=1S/C18H23N3O3/c1-18(23,13-6-8-14(24-3)9-7-13)16-5-4-10-21(16)17(22)15-11-20(2)12-19-15/h6-9,11-12,16,23H,4-5,10H2,1-3H3/t16-,18-/m1/s1. The molecule has 6 nitrogen and oxygen atoms in total. The predicted molar refractivity (Wildman–Crippen MR) is 89.8 cm³/mol. The predicted octanol–water partition coefficient (Wildman–Crippen LogP) is 1.94. The number of aromatic nitrogens is 2.